The van der Waals surface area contributed by atoms with E-state index in [4.69, 9.17) is 0 Å². The fourth-order valence-corrected chi connectivity index (χ4v) is 3.16. The molecule has 0 spiro atoms. The summed E-state index contributed by atoms with van der Waals surface area (Å²) >= 11 is 0. The van der Waals surface area contributed by atoms with Crippen LogP contribution in [0.5, 0.6) is 0 Å². The van der Waals surface area contributed by atoms with E-state index in [1.807, 2.05) is 54.6 Å². The summed E-state index contributed by atoms with van der Waals surface area (Å²) in [4.78, 5) is 8.05. The van der Waals surface area contributed by atoms with Gasteiger partial charge in [-0.1, -0.05) is 48.6 Å². The molecule has 3 aromatic carbocycles. The number of nitrogens with one attached hydrogen (secondary N) is 2. The Morgan fingerprint density at radius 3 is 2.48 bits per heavy atom. The lowest BCUT2D eigenvalue weighted by atomic mass is 10.1. The first-order valence-corrected chi connectivity index (χ1v) is 8.63. The maximum Gasteiger partial charge on any atom is 0.157 e. The van der Waals surface area contributed by atoms with E-state index < -0.39 is 0 Å². The summed E-state index contributed by atoms with van der Waals surface area (Å²) in [5.41, 5.74) is 5.62. The van der Waals surface area contributed by atoms with Crippen molar-refractivity contribution in [2.45, 2.75) is 0 Å². The Balaban J connectivity index is 1.50. The second-order valence-corrected chi connectivity index (χ2v) is 6.36. The molecular formula is C22H15FN4. The van der Waals surface area contributed by atoms with Gasteiger partial charge >= 0.3 is 0 Å². The zero-order valence-electron chi connectivity index (χ0n) is 14.3. The fraction of sp³-hybridized carbons (Fsp3) is 0. The van der Waals surface area contributed by atoms with Crippen LogP contribution < -0.4 is 0 Å². The van der Waals surface area contributed by atoms with Crippen molar-refractivity contribution in [2.24, 2.45) is 0 Å². The van der Waals surface area contributed by atoms with Crippen LogP contribution in [0.25, 0.3) is 45.6 Å². The first kappa shape index (κ1) is 15.5. The van der Waals surface area contributed by atoms with Crippen molar-refractivity contribution in [1.29, 1.82) is 0 Å². The Bertz CT molecular complexity index is 1280. The Morgan fingerprint density at radius 1 is 0.815 bits per heavy atom. The molecule has 130 valence electrons. The fourth-order valence-electron chi connectivity index (χ4n) is 3.16. The van der Waals surface area contributed by atoms with Crippen molar-refractivity contribution in [1.82, 2.24) is 20.2 Å². The Morgan fingerprint density at radius 2 is 1.59 bits per heavy atom. The van der Waals surface area contributed by atoms with E-state index in [9.17, 15) is 4.39 Å². The molecule has 0 bridgehead atoms. The molecule has 0 aliphatic carbocycles. The number of benzene rings is 3. The number of halogens is 1. The minimum absolute atomic E-state index is 0.232. The van der Waals surface area contributed by atoms with Gasteiger partial charge in [0.2, 0.25) is 0 Å². The van der Waals surface area contributed by atoms with Gasteiger partial charge < -0.3 is 4.98 Å². The summed E-state index contributed by atoms with van der Waals surface area (Å²) in [5, 5.41) is 8.43. The Labute approximate surface area is 154 Å². The van der Waals surface area contributed by atoms with Crippen LogP contribution in [0.15, 0.2) is 66.7 Å². The minimum atomic E-state index is -0.232. The van der Waals surface area contributed by atoms with Crippen molar-refractivity contribution in [3.8, 4) is 11.5 Å². The van der Waals surface area contributed by atoms with Crippen molar-refractivity contribution in [3.63, 3.8) is 0 Å². The predicted octanol–water partition coefficient (Wildman–Crippen LogP) is 5.42. The Hall–Kier alpha value is -3.73. The van der Waals surface area contributed by atoms with Crippen molar-refractivity contribution in [3.05, 3.63) is 83.7 Å². The van der Waals surface area contributed by atoms with Crippen molar-refractivity contribution < 1.29 is 4.39 Å². The summed E-state index contributed by atoms with van der Waals surface area (Å²) < 4.78 is 13.0. The van der Waals surface area contributed by atoms with E-state index >= 15 is 0 Å². The molecule has 0 amide bonds. The highest BCUT2D eigenvalue weighted by Gasteiger charge is 2.11. The Kier molecular flexibility index (Phi) is 3.57. The number of aromatic amines is 2. The molecule has 0 unspecified atom stereocenters. The standard InChI is InChI=1S/C22H15FN4/c23-16-10-7-14(8-11-16)5-6-15-9-12-19-20(13-15)25-22(24-19)21-17-3-1-2-4-18(17)26-27-21/h1-13H,(H,24,25)(H,26,27). The SMILES string of the molecule is Fc1ccc(C=Cc2ccc3nc(-c4[nH]nc5ccccc45)[nH]c3c2)cc1. The molecule has 5 heteroatoms. The molecule has 5 aromatic rings. The number of para-hydroxylation sites is 1. The molecule has 2 aromatic heterocycles. The van der Waals surface area contributed by atoms with E-state index in [0.717, 1.165) is 44.6 Å². The van der Waals surface area contributed by atoms with Gasteiger partial charge in [0.25, 0.3) is 0 Å². The molecule has 27 heavy (non-hydrogen) atoms. The topological polar surface area (TPSA) is 57.4 Å². The van der Waals surface area contributed by atoms with E-state index in [-0.39, 0.29) is 5.82 Å². The van der Waals surface area contributed by atoms with Crippen LogP contribution in [0.3, 0.4) is 0 Å². The molecule has 0 radical (unpaired) electrons. The van der Waals surface area contributed by atoms with Crippen LogP contribution in [-0.4, -0.2) is 20.2 Å². The van der Waals surface area contributed by atoms with Crippen LogP contribution >= 0.6 is 0 Å². The van der Waals surface area contributed by atoms with Gasteiger partial charge in [-0.15, -0.1) is 0 Å². The quantitative estimate of drug-likeness (QED) is 0.425. The predicted molar refractivity (Wildman–Crippen MR) is 107 cm³/mol. The van der Waals surface area contributed by atoms with E-state index in [1.165, 1.54) is 12.1 Å². The second kappa shape index (κ2) is 6.21. The van der Waals surface area contributed by atoms with Crippen molar-refractivity contribution in [2.75, 3.05) is 0 Å². The highest BCUT2D eigenvalue weighted by Crippen LogP contribution is 2.26. The maximum atomic E-state index is 13.0. The number of aromatic nitrogens is 4. The number of nitrogens with zero attached hydrogens (tertiary/aromatic N) is 2. The molecule has 2 N–H and O–H groups in total. The van der Waals surface area contributed by atoms with Crippen LogP contribution in [0.1, 0.15) is 11.1 Å². The lowest BCUT2D eigenvalue weighted by molar-refractivity contribution is 0.628. The molecule has 2 heterocycles. The van der Waals surface area contributed by atoms with Crippen LogP contribution in [0.2, 0.25) is 0 Å². The lowest BCUT2D eigenvalue weighted by Gasteiger charge is -1.95. The molecule has 0 saturated carbocycles. The van der Waals surface area contributed by atoms with Gasteiger partial charge in [-0.25, -0.2) is 9.37 Å². The molecule has 5 rings (SSSR count). The first-order valence-electron chi connectivity index (χ1n) is 8.63. The normalized spacial score (nSPS) is 11.7. The maximum absolute atomic E-state index is 13.0. The molecule has 0 saturated heterocycles. The molecule has 0 fully saturated rings. The van der Waals surface area contributed by atoms with Crippen molar-refractivity contribution >= 4 is 34.1 Å². The summed E-state index contributed by atoms with van der Waals surface area (Å²) in [5.74, 6) is 0.531. The number of rotatable bonds is 3. The third-order valence-corrected chi connectivity index (χ3v) is 4.54. The summed E-state index contributed by atoms with van der Waals surface area (Å²) in [6.07, 6.45) is 3.96. The lowest BCUT2D eigenvalue weighted by Crippen LogP contribution is -1.80. The molecule has 0 atom stereocenters. The second-order valence-electron chi connectivity index (χ2n) is 6.36. The minimum Gasteiger partial charge on any atom is -0.337 e. The zero-order valence-corrected chi connectivity index (χ0v) is 14.3. The number of imidazole rings is 1. The monoisotopic (exact) mass is 354 g/mol. The number of hydrogen-bond donors (Lipinski definition) is 2. The third kappa shape index (κ3) is 2.89. The third-order valence-electron chi connectivity index (χ3n) is 4.54. The summed E-state index contributed by atoms with van der Waals surface area (Å²) in [6.45, 7) is 0. The highest BCUT2D eigenvalue weighted by molar-refractivity contribution is 5.93. The van der Waals surface area contributed by atoms with Gasteiger partial charge in [-0.2, -0.15) is 5.10 Å². The van der Waals surface area contributed by atoms with E-state index in [0.29, 0.717) is 0 Å². The largest absolute Gasteiger partial charge is 0.337 e. The van der Waals surface area contributed by atoms with Gasteiger partial charge in [0.15, 0.2) is 5.82 Å². The average molecular weight is 354 g/mol. The smallest absolute Gasteiger partial charge is 0.157 e. The van der Waals surface area contributed by atoms with Gasteiger partial charge in [0.1, 0.15) is 11.5 Å². The number of H-pyrrole nitrogens is 2. The number of hydrogen-bond acceptors (Lipinski definition) is 2. The van der Waals surface area contributed by atoms with Gasteiger partial charge in [-0.05, 0) is 41.5 Å². The highest BCUT2D eigenvalue weighted by atomic mass is 19.1. The molecule has 4 nitrogen and oxygen atoms in total. The van der Waals surface area contributed by atoms with Gasteiger partial charge in [0, 0.05) is 5.39 Å². The molecule has 0 aliphatic rings. The van der Waals surface area contributed by atoms with E-state index in [2.05, 4.69) is 20.2 Å². The first-order chi connectivity index (χ1) is 13.3. The average Bonchev–Trinajstić information content (AvgIpc) is 3.31. The summed E-state index contributed by atoms with van der Waals surface area (Å²) in [6, 6.07) is 20.4. The van der Waals surface area contributed by atoms with Gasteiger partial charge in [0.05, 0.1) is 16.6 Å². The summed E-state index contributed by atoms with van der Waals surface area (Å²) in [7, 11) is 0. The van der Waals surface area contributed by atoms with Crippen LogP contribution in [0, 0.1) is 5.82 Å². The van der Waals surface area contributed by atoms with Gasteiger partial charge in [-0.3, -0.25) is 5.10 Å². The molecular weight excluding hydrogens is 339 g/mol. The zero-order chi connectivity index (χ0) is 18.2. The van der Waals surface area contributed by atoms with Crippen LogP contribution in [-0.2, 0) is 0 Å². The van der Waals surface area contributed by atoms with E-state index in [1.54, 1.807) is 12.1 Å². The molecule has 0 aliphatic heterocycles. The van der Waals surface area contributed by atoms with Crippen LogP contribution in [0.4, 0.5) is 4.39 Å². The number of fused-ring (bicyclic) bond motifs is 2.